The first kappa shape index (κ1) is 90.8. The van der Waals surface area contributed by atoms with Gasteiger partial charge in [-0.05, 0) is 85.6 Å². The maximum absolute atomic E-state index is 9.86. The molecular formula is C52H65Cu5DyN10O14+. The molecule has 15 N–H and O–H groups in total. The first-order valence-electron chi connectivity index (χ1n) is 23.0. The number of carbonyl (C=O) groups excluding carboxylic acids is 2. The third-order valence-corrected chi connectivity index (χ3v) is 9.75. The summed E-state index contributed by atoms with van der Waals surface area (Å²) in [5, 5.41) is 118. The molecule has 1 radical (unpaired) electrons. The summed E-state index contributed by atoms with van der Waals surface area (Å²) < 4.78 is 0. The Morgan fingerprint density at radius 2 is 0.476 bits per heavy atom. The van der Waals surface area contributed by atoms with Gasteiger partial charge in [0.25, 0.3) is 0 Å². The number of benzene rings is 5. The van der Waals surface area contributed by atoms with Gasteiger partial charge in [-0.3, -0.25) is 0 Å². The molecule has 0 amide bonds. The van der Waals surface area contributed by atoms with Crippen LogP contribution in [0.1, 0.15) is 59.9 Å². The Bertz CT molecular complexity index is 2110. The second kappa shape index (κ2) is 57.9. The number of aliphatic hydroxyl groups excluding tert-OH is 5. The van der Waals surface area contributed by atoms with Gasteiger partial charge in [-0.1, -0.05) is 214 Å². The predicted octanol–water partition coefficient (Wildman–Crippen LogP) is 8.40. The number of carboxylic acid groups (broad SMARTS) is 2. The average molecular weight is 1530 g/mol. The average Bonchev–Trinajstić information content (AvgIpc) is 3.43. The smallest absolute Gasteiger partial charge is 0.667 e. The van der Waals surface area contributed by atoms with Crippen molar-refractivity contribution in [1.82, 2.24) is 0 Å². The largest absolute Gasteiger partial charge is 3.00 e. The molecule has 30 heteroatoms. The molecule has 0 heterocycles. The van der Waals surface area contributed by atoms with Crippen LogP contribution in [0.15, 0.2) is 177 Å². The van der Waals surface area contributed by atoms with E-state index in [2.05, 4.69) is 25.8 Å². The van der Waals surface area contributed by atoms with E-state index in [1.807, 2.05) is 152 Å². The Hall–Kier alpha value is -4.94. The quantitative estimate of drug-likeness (QED) is 0.00823. The minimum Gasteiger partial charge on any atom is -0.667 e. The van der Waals surface area contributed by atoms with Crippen LogP contribution in [-0.4, -0.2) is 123 Å². The van der Waals surface area contributed by atoms with Crippen molar-refractivity contribution in [2.45, 2.75) is 94.4 Å². The van der Waals surface area contributed by atoms with Crippen molar-refractivity contribution in [2.75, 3.05) is 0 Å². The van der Waals surface area contributed by atoms with E-state index in [1.165, 1.54) is 0 Å². The molecule has 5 aromatic carbocycles. The zero-order chi connectivity index (χ0) is 57.1. The van der Waals surface area contributed by atoms with Gasteiger partial charge in [0, 0.05) is 11.9 Å². The van der Waals surface area contributed by atoms with E-state index in [0.29, 0.717) is 51.4 Å². The van der Waals surface area contributed by atoms with E-state index in [-0.39, 0.29) is 136 Å². The van der Waals surface area contributed by atoms with Crippen molar-refractivity contribution in [3.63, 3.8) is 0 Å². The molecule has 82 heavy (non-hydrogen) atoms. The van der Waals surface area contributed by atoms with Gasteiger partial charge in [-0.15, -0.1) is 0 Å². The standard InChI is InChI=1S/5C9H11N2O2.C7H12O4.5Cu.Dy/c5*10-8(9(12)11-13)6-7-4-2-1-3-5-7;8-6(9)4-2-1-3-5-7(10)11;;;;;;/h5*1-5,8,10,13H,6H2,(H,11,12);1-5H2,(H,8,9)(H,10,11);;;;;;/q5*-1;;5*+1;+3/p-2/t5*8-;;;;;;;/m00000......./s1. The van der Waals surface area contributed by atoms with Gasteiger partial charge in [0.1, 0.15) is 0 Å². The normalized spacial score (nSPS) is 12.4. The molecule has 0 aliphatic rings. The van der Waals surface area contributed by atoms with E-state index in [4.69, 9.17) is 80.2 Å². The summed E-state index contributed by atoms with van der Waals surface area (Å²) >= 11 is 0. The van der Waals surface area contributed by atoms with E-state index >= 15 is 0 Å². The van der Waals surface area contributed by atoms with Gasteiger partial charge in [0.15, 0.2) is 0 Å². The van der Waals surface area contributed by atoms with Crippen LogP contribution in [0.2, 0.25) is 0 Å². The molecule has 0 saturated heterocycles. The van der Waals surface area contributed by atoms with Crippen molar-refractivity contribution in [1.29, 1.82) is 0 Å². The minimum atomic E-state index is -1.08. The Morgan fingerprint density at radius 1 is 0.329 bits per heavy atom. The van der Waals surface area contributed by atoms with Crippen molar-refractivity contribution in [2.24, 2.45) is 25.8 Å². The summed E-state index contributed by atoms with van der Waals surface area (Å²) in [6.45, 7) is 0. The van der Waals surface area contributed by atoms with Crippen LogP contribution >= 0.6 is 0 Å². The minimum absolute atomic E-state index is 0. The number of aliphatic carboxylic acids is 2. The number of oxime groups is 5. The van der Waals surface area contributed by atoms with Crippen molar-refractivity contribution >= 4 is 41.4 Å². The number of unbranched alkanes of at least 4 members (excludes halogenated alkanes) is 2. The summed E-state index contributed by atoms with van der Waals surface area (Å²) in [5.74, 6) is -4.93. The third-order valence-electron chi connectivity index (χ3n) is 9.75. The number of nitrogens with one attached hydrogen (secondary N) is 5. The van der Waals surface area contributed by atoms with Gasteiger partial charge in [-0.2, -0.15) is 0 Å². The fraction of sp³-hybridized carbons (Fsp3) is 0.288. The van der Waals surface area contributed by atoms with Crippen LogP contribution in [0.25, 0.3) is 28.7 Å². The van der Waals surface area contributed by atoms with Crippen LogP contribution < -0.4 is 10.2 Å². The molecule has 0 spiro atoms. The maximum Gasteiger partial charge on any atom is 3.00 e. The van der Waals surface area contributed by atoms with E-state index in [0.717, 1.165) is 27.8 Å². The maximum atomic E-state index is 9.86. The molecule has 0 unspecified atom stereocenters. The first-order valence-corrected chi connectivity index (χ1v) is 23.0. The predicted molar refractivity (Wildman–Crippen MR) is 284 cm³/mol. The fourth-order valence-corrected chi connectivity index (χ4v) is 5.77. The molecule has 0 saturated carbocycles. The van der Waals surface area contributed by atoms with Crippen LogP contribution in [-0.2, 0) is 127 Å². The van der Waals surface area contributed by atoms with Crippen molar-refractivity contribution < 1.29 is 195 Å². The Labute approximate surface area is 559 Å². The number of hydrogen-bond acceptors (Lipinski definition) is 14. The topological polar surface area (TPSA) is 463 Å². The number of aliphatic hydroxyl groups is 5. The number of nitrogens with zero attached hydrogens (tertiary/aromatic N) is 5. The fourth-order valence-electron chi connectivity index (χ4n) is 5.77. The summed E-state index contributed by atoms with van der Waals surface area (Å²) in [7, 11) is 0. The monoisotopic (exact) mass is 1530 g/mol. The molecule has 5 aromatic rings. The van der Waals surface area contributed by atoms with Crippen molar-refractivity contribution in [3.05, 3.63) is 208 Å². The van der Waals surface area contributed by atoms with Gasteiger partial charge < -0.3 is 100 Å². The van der Waals surface area contributed by atoms with Gasteiger partial charge in [0.2, 0.25) is 29.5 Å². The van der Waals surface area contributed by atoms with Crippen LogP contribution in [0, 0.1) is 38.2 Å². The summed E-state index contributed by atoms with van der Waals surface area (Å²) in [6, 6.07) is 42.0. The molecule has 24 nitrogen and oxygen atoms in total. The number of rotatable bonds is 21. The molecule has 5 rings (SSSR count). The van der Waals surface area contributed by atoms with Gasteiger partial charge >= 0.3 is 124 Å². The molecule has 0 fully saturated rings. The van der Waals surface area contributed by atoms with Crippen LogP contribution in [0.4, 0.5) is 0 Å². The molecule has 0 aromatic heterocycles. The van der Waals surface area contributed by atoms with Crippen LogP contribution in [0.5, 0.6) is 0 Å². The number of carbonyl (C=O) groups is 2. The molecule has 471 valence electrons. The molecule has 0 bridgehead atoms. The Balaban J connectivity index is -0.000000162. The van der Waals surface area contributed by atoms with E-state index in [9.17, 15) is 19.8 Å². The SMILES string of the molecule is O=C([O-])CCCCCC(=O)[O-].[Cu+].[Cu+].[Cu+].[Cu+].[Cu+].[Dy+3].[NH-][C@@H](Cc1ccccc1)/C(O)=N/O.[NH-][C@@H](Cc1ccccc1)/C(O)=N/O.[NH-][C@@H](Cc1ccccc1)/C(O)=N/O.[NH-][C@@H](Cc1ccccc1)/C(O)=N/O.[NH-][C@@H](Cc1ccccc1)/C(O)=N/O. The Kier molecular flexibility index (Phi) is 64.1. The molecule has 0 aliphatic heterocycles. The van der Waals surface area contributed by atoms with E-state index < -0.39 is 71.6 Å². The van der Waals surface area contributed by atoms with Crippen LogP contribution in [0.3, 0.4) is 0 Å². The second-order valence-electron chi connectivity index (χ2n) is 15.8. The third kappa shape index (κ3) is 47.5. The molecule has 5 atom stereocenters. The summed E-state index contributed by atoms with van der Waals surface area (Å²) in [5.41, 5.74) is 41.5. The Morgan fingerprint density at radius 3 is 0.598 bits per heavy atom. The summed E-state index contributed by atoms with van der Waals surface area (Å²) in [6.07, 6.45) is 3.30. The first-order chi connectivity index (χ1) is 36.3. The summed E-state index contributed by atoms with van der Waals surface area (Å²) in [4.78, 5) is 19.7. The van der Waals surface area contributed by atoms with Gasteiger partial charge in [-0.25, -0.2) is 0 Å². The van der Waals surface area contributed by atoms with E-state index in [1.54, 1.807) is 0 Å². The zero-order valence-corrected chi connectivity index (χ0v) is 49.8. The molecule has 0 aliphatic carbocycles. The molecular weight excluding hydrogens is 1470 g/mol. The van der Waals surface area contributed by atoms with Gasteiger partial charge in [0.05, 0.1) is 0 Å². The zero-order valence-electron chi connectivity index (χ0n) is 43.1. The second-order valence-corrected chi connectivity index (χ2v) is 15.8. The number of hydrogen-bond donors (Lipinski definition) is 10. The van der Waals surface area contributed by atoms with Crippen molar-refractivity contribution in [3.8, 4) is 0 Å². The number of carboxylic acids is 2.